The van der Waals surface area contributed by atoms with E-state index in [1.165, 1.54) is 12.3 Å². The molecule has 0 amide bonds. The second kappa shape index (κ2) is 5.43. The van der Waals surface area contributed by atoms with Gasteiger partial charge in [-0.05, 0) is 18.6 Å². The largest absolute Gasteiger partial charge is 0.338 e. The maximum absolute atomic E-state index is 11.9. The molecular weight excluding hydrogens is 270 g/mol. The van der Waals surface area contributed by atoms with Crippen molar-refractivity contribution in [1.29, 1.82) is 0 Å². The Kier molecular flexibility index (Phi) is 3.88. The Labute approximate surface area is 110 Å². The van der Waals surface area contributed by atoms with Crippen molar-refractivity contribution < 1.29 is 12.9 Å². The van der Waals surface area contributed by atoms with Crippen molar-refractivity contribution >= 4 is 10.0 Å². The Morgan fingerprint density at radius 3 is 2.74 bits per heavy atom. The van der Waals surface area contributed by atoms with Gasteiger partial charge in [0.15, 0.2) is 10.9 Å². The van der Waals surface area contributed by atoms with E-state index in [9.17, 15) is 8.42 Å². The van der Waals surface area contributed by atoms with Gasteiger partial charge in [0, 0.05) is 12.7 Å². The molecule has 0 aliphatic rings. The van der Waals surface area contributed by atoms with Crippen molar-refractivity contribution in [3.63, 3.8) is 0 Å². The van der Waals surface area contributed by atoms with Gasteiger partial charge in [0.2, 0.25) is 5.89 Å². The minimum Gasteiger partial charge on any atom is -0.338 e. The maximum atomic E-state index is 11.9. The lowest BCUT2D eigenvalue weighted by atomic mass is 10.3. The van der Waals surface area contributed by atoms with Gasteiger partial charge in [-0.2, -0.15) is 4.98 Å². The monoisotopic (exact) mass is 283 g/mol. The summed E-state index contributed by atoms with van der Waals surface area (Å²) in [5, 5.41) is 3.48. The van der Waals surface area contributed by atoms with E-state index in [1.807, 2.05) is 0 Å². The Bertz CT molecular complexity index is 650. The van der Waals surface area contributed by atoms with E-state index < -0.39 is 10.0 Å². The molecule has 0 aliphatic carbocycles. The number of hydrogen-bond donors (Lipinski definition) is 2. The zero-order valence-corrected chi connectivity index (χ0v) is 11.0. The summed E-state index contributed by atoms with van der Waals surface area (Å²) in [5.74, 6) is 0.638. The molecule has 3 N–H and O–H groups in total. The molecule has 0 bridgehead atoms. The van der Waals surface area contributed by atoms with Crippen LogP contribution in [0.1, 0.15) is 17.3 Å². The van der Waals surface area contributed by atoms with Gasteiger partial charge in [0.25, 0.3) is 10.0 Å². The summed E-state index contributed by atoms with van der Waals surface area (Å²) in [4.78, 5) is 7.73. The molecule has 0 saturated heterocycles. The van der Waals surface area contributed by atoms with E-state index in [4.69, 9.17) is 10.3 Å². The lowest BCUT2D eigenvalue weighted by Crippen LogP contribution is -2.24. The molecule has 0 spiro atoms. The van der Waals surface area contributed by atoms with E-state index in [1.54, 1.807) is 13.0 Å². The zero-order chi connectivity index (χ0) is 13.9. The van der Waals surface area contributed by atoms with Crippen LogP contribution in [0, 0.1) is 6.92 Å². The highest BCUT2D eigenvalue weighted by Crippen LogP contribution is 2.07. The summed E-state index contributed by atoms with van der Waals surface area (Å²) in [6, 6.07) is 3.00. The number of nitrogens with zero attached hydrogens (tertiary/aromatic N) is 3. The lowest BCUT2D eigenvalue weighted by molar-refractivity contribution is 0.372. The molecule has 0 radical (unpaired) electrons. The fourth-order valence-electron chi connectivity index (χ4n) is 1.33. The SMILES string of the molecule is Cc1noc(CNS(=O)(=O)c2ccc(CN)cn2)n1. The van der Waals surface area contributed by atoms with Crippen molar-refractivity contribution in [1.82, 2.24) is 19.8 Å². The number of hydrogen-bond acceptors (Lipinski definition) is 7. The van der Waals surface area contributed by atoms with E-state index in [0.29, 0.717) is 12.4 Å². The second-order valence-corrected chi connectivity index (χ2v) is 5.48. The smallest absolute Gasteiger partial charge is 0.258 e. The van der Waals surface area contributed by atoms with Crippen LogP contribution in [0.15, 0.2) is 27.9 Å². The topological polar surface area (TPSA) is 124 Å². The van der Waals surface area contributed by atoms with Gasteiger partial charge < -0.3 is 10.3 Å². The first-order valence-electron chi connectivity index (χ1n) is 5.45. The molecular formula is C10H13N5O3S. The van der Waals surface area contributed by atoms with Gasteiger partial charge in [0.1, 0.15) is 0 Å². The fraction of sp³-hybridized carbons (Fsp3) is 0.300. The standard InChI is InChI=1S/C10H13N5O3S/c1-7-14-9(18-15-7)6-13-19(16,17)10-3-2-8(4-11)5-12-10/h2-3,5,13H,4,6,11H2,1H3. The highest BCUT2D eigenvalue weighted by Gasteiger charge is 2.16. The second-order valence-electron chi connectivity index (χ2n) is 3.77. The van der Waals surface area contributed by atoms with Crippen molar-refractivity contribution in [2.24, 2.45) is 5.73 Å². The summed E-state index contributed by atoms with van der Waals surface area (Å²) < 4.78 is 31.0. The minimum absolute atomic E-state index is 0.0799. The van der Waals surface area contributed by atoms with Crippen LogP contribution < -0.4 is 10.5 Å². The number of aromatic nitrogens is 3. The Hall–Kier alpha value is -1.84. The first-order chi connectivity index (χ1) is 9.01. The van der Waals surface area contributed by atoms with E-state index in [-0.39, 0.29) is 17.5 Å². The predicted molar refractivity (Wildman–Crippen MR) is 65.2 cm³/mol. The maximum Gasteiger partial charge on any atom is 0.258 e. The summed E-state index contributed by atoms with van der Waals surface area (Å²) in [6.45, 7) is 1.88. The molecule has 0 fully saturated rings. The molecule has 0 unspecified atom stereocenters. The number of sulfonamides is 1. The summed E-state index contributed by atoms with van der Waals surface area (Å²) in [7, 11) is -3.70. The van der Waals surface area contributed by atoms with Gasteiger partial charge >= 0.3 is 0 Å². The van der Waals surface area contributed by atoms with Crippen LogP contribution in [-0.4, -0.2) is 23.5 Å². The molecule has 2 rings (SSSR count). The number of rotatable bonds is 5. The van der Waals surface area contributed by atoms with Gasteiger partial charge in [-0.1, -0.05) is 11.2 Å². The van der Waals surface area contributed by atoms with Crippen LogP contribution in [0.3, 0.4) is 0 Å². The summed E-state index contributed by atoms with van der Waals surface area (Å²) >= 11 is 0. The van der Waals surface area contributed by atoms with Gasteiger partial charge in [-0.3, -0.25) is 0 Å². The van der Waals surface area contributed by atoms with Gasteiger partial charge in [-0.15, -0.1) is 0 Å². The van der Waals surface area contributed by atoms with Crippen LogP contribution in [-0.2, 0) is 23.1 Å². The number of aryl methyl sites for hydroxylation is 1. The molecule has 0 aromatic carbocycles. The van der Waals surface area contributed by atoms with Gasteiger partial charge in [0.05, 0.1) is 6.54 Å². The minimum atomic E-state index is -3.70. The highest BCUT2D eigenvalue weighted by atomic mass is 32.2. The van der Waals surface area contributed by atoms with Crippen LogP contribution in [0.4, 0.5) is 0 Å². The molecule has 19 heavy (non-hydrogen) atoms. The summed E-state index contributed by atoms with van der Waals surface area (Å²) in [6.07, 6.45) is 1.42. The fourth-order valence-corrected chi connectivity index (χ4v) is 2.23. The van der Waals surface area contributed by atoms with E-state index in [0.717, 1.165) is 5.56 Å². The molecule has 2 aromatic rings. The van der Waals surface area contributed by atoms with Crippen LogP contribution in [0.2, 0.25) is 0 Å². The van der Waals surface area contributed by atoms with Crippen LogP contribution >= 0.6 is 0 Å². The molecule has 2 heterocycles. The molecule has 0 atom stereocenters. The Balaban J connectivity index is 2.09. The molecule has 2 aromatic heterocycles. The number of nitrogens with one attached hydrogen (secondary N) is 1. The first kappa shape index (κ1) is 13.6. The predicted octanol–water partition coefficient (Wildman–Crippen LogP) is -0.290. The van der Waals surface area contributed by atoms with Crippen molar-refractivity contribution in [3.05, 3.63) is 35.6 Å². The van der Waals surface area contributed by atoms with E-state index in [2.05, 4.69) is 19.8 Å². The third kappa shape index (κ3) is 3.34. The Morgan fingerprint density at radius 2 is 2.21 bits per heavy atom. The Morgan fingerprint density at radius 1 is 1.42 bits per heavy atom. The molecule has 0 aliphatic heterocycles. The third-order valence-electron chi connectivity index (χ3n) is 2.29. The van der Waals surface area contributed by atoms with Crippen molar-refractivity contribution in [2.75, 3.05) is 0 Å². The van der Waals surface area contributed by atoms with Crippen LogP contribution in [0.25, 0.3) is 0 Å². The number of pyridine rings is 1. The normalized spacial score (nSPS) is 11.7. The summed E-state index contributed by atoms with van der Waals surface area (Å²) in [5.41, 5.74) is 6.17. The molecule has 9 heteroatoms. The average molecular weight is 283 g/mol. The highest BCUT2D eigenvalue weighted by molar-refractivity contribution is 7.89. The zero-order valence-electron chi connectivity index (χ0n) is 10.2. The van der Waals surface area contributed by atoms with Crippen molar-refractivity contribution in [3.8, 4) is 0 Å². The first-order valence-corrected chi connectivity index (χ1v) is 6.93. The molecule has 102 valence electrons. The lowest BCUT2D eigenvalue weighted by Gasteiger charge is -2.04. The third-order valence-corrected chi connectivity index (χ3v) is 3.61. The van der Waals surface area contributed by atoms with E-state index >= 15 is 0 Å². The quantitative estimate of drug-likeness (QED) is 0.772. The van der Waals surface area contributed by atoms with Gasteiger partial charge in [-0.25, -0.2) is 18.1 Å². The van der Waals surface area contributed by atoms with Crippen molar-refractivity contribution in [2.45, 2.75) is 25.0 Å². The molecule has 0 saturated carbocycles. The average Bonchev–Trinajstić information content (AvgIpc) is 2.82. The molecule has 8 nitrogen and oxygen atoms in total. The number of nitrogens with two attached hydrogens (primary N) is 1. The van der Waals surface area contributed by atoms with Crippen LogP contribution in [0.5, 0.6) is 0 Å².